The minimum Gasteiger partial charge on any atom is -0.497 e. The summed E-state index contributed by atoms with van der Waals surface area (Å²) in [5.41, 5.74) is 3.50. The van der Waals surface area contributed by atoms with Gasteiger partial charge in [-0.1, -0.05) is 18.2 Å². The lowest BCUT2D eigenvalue weighted by molar-refractivity contribution is -0.128. The Morgan fingerprint density at radius 3 is 2.96 bits per heavy atom. The number of hydrogen-bond donors (Lipinski definition) is 2. The Bertz CT molecular complexity index is 1090. The predicted molar refractivity (Wildman–Crippen MR) is 109 cm³/mol. The van der Waals surface area contributed by atoms with E-state index >= 15 is 0 Å². The van der Waals surface area contributed by atoms with Gasteiger partial charge in [0, 0.05) is 48.2 Å². The molecule has 3 aromatic rings. The van der Waals surface area contributed by atoms with Gasteiger partial charge in [-0.3, -0.25) is 4.79 Å². The fourth-order valence-corrected chi connectivity index (χ4v) is 4.46. The Morgan fingerprint density at radius 1 is 1.25 bits per heavy atom. The Kier molecular flexibility index (Phi) is 3.86. The normalized spacial score (nSPS) is 20.6. The molecular formula is C22H22N4O2. The van der Waals surface area contributed by atoms with Crippen LogP contribution in [0, 0.1) is 0 Å². The first kappa shape index (κ1) is 16.9. The Morgan fingerprint density at radius 2 is 2.14 bits per heavy atom. The summed E-state index contributed by atoms with van der Waals surface area (Å²) >= 11 is 0. The number of carbonyl (C=O) groups is 1. The number of aliphatic imine (C=N–C) groups is 1. The molecule has 5 rings (SSSR count). The smallest absolute Gasteiger partial charge is 0.250 e. The molecule has 2 aliphatic heterocycles. The van der Waals surface area contributed by atoms with Crippen molar-refractivity contribution in [3.63, 3.8) is 0 Å². The standard InChI is InChI=1S/C22H22N4O2/c1-28-16-6-7-17-15(13-24-20(17)12-16)8-11-26-14-25-19-5-3-2-4-18(19)22(26)9-10-23-21(22)27/h2-7,12-14,24H,8-11H2,1H3,(H,23,27)/t22-/m0/s1. The molecule has 3 heterocycles. The van der Waals surface area contributed by atoms with Crippen LogP contribution >= 0.6 is 0 Å². The molecule has 0 saturated carbocycles. The van der Waals surface area contributed by atoms with Gasteiger partial charge in [-0.25, -0.2) is 4.99 Å². The van der Waals surface area contributed by atoms with Crippen LogP contribution in [0.2, 0.25) is 0 Å². The molecule has 0 unspecified atom stereocenters. The largest absolute Gasteiger partial charge is 0.497 e. The molecule has 28 heavy (non-hydrogen) atoms. The van der Waals surface area contributed by atoms with Gasteiger partial charge in [-0.2, -0.15) is 0 Å². The van der Waals surface area contributed by atoms with E-state index < -0.39 is 5.54 Å². The maximum absolute atomic E-state index is 12.9. The van der Waals surface area contributed by atoms with Crippen LogP contribution in [-0.2, 0) is 16.8 Å². The Labute approximate surface area is 163 Å². The van der Waals surface area contributed by atoms with Crippen LogP contribution in [0.4, 0.5) is 5.69 Å². The number of H-pyrrole nitrogens is 1. The highest BCUT2D eigenvalue weighted by Gasteiger charge is 2.50. The summed E-state index contributed by atoms with van der Waals surface area (Å²) in [4.78, 5) is 23.0. The van der Waals surface area contributed by atoms with E-state index in [1.54, 1.807) is 7.11 Å². The molecule has 6 nitrogen and oxygen atoms in total. The number of nitrogens with one attached hydrogen (secondary N) is 2. The Hall–Kier alpha value is -3.28. The zero-order chi connectivity index (χ0) is 19.1. The fourth-order valence-electron chi connectivity index (χ4n) is 4.46. The molecule has 2 aliphatic rings. The molecule has 0 bridgehead atoms. The van der Waals surface area contributed by atoms with Crippen molar-refractivity contribution in [1.29, 1.82) is 0 Å². The first-order valence-corrected chi connectivity index (χ1v) is 9.55. The number of hydrogen-bond acceptors (Lipinski definition) is 4. The predicted octanol–water partition coefficient (Wildman–Crippen LogP) is 3.11. The van der Waals surface area contributed by atoms with E-state index in [1.807, 2.05) is 48.9 Å². The highest BCUT2D eigenvalue weighted by Crippen LogP contribution is 2.42. The molecule has 6 heteroatoms. The fraction of sp³-hybridized carbons (Fsp3) is 0.273. The number of benzene rings is 2. The van der Waals surface area contributed by atoms with Crippen molar-refractivity contribution in [3.05, 3.63) is 59.8 Å². The molecule has 1 spiro atoms. The first-order valence-electron chi connectivity index (χ1n) is 9.55. The average molecular weight is 374 g/mol. The average Bonchev–Trinajstić information content (AvgIpc) is 3.31. The van der Waals surface area contributed by atoms with E-state index in [4.69, 9.17) is 4.74 Å². The van der Waals surface area contributed by atoms with E-state index in [9.17, 15) is 4.79 Å². The van der Waals surface area contributed by atoms with Crippen LogP contribution in [0.1, 0.15) is 17.5 Å². The molecule has 142 valence electrons. The van der Waals surface area contributed by atoms with Crippen molar-refractivity contribution >= 4 is 28.8 Å². The van der Waals surface area contributed by atoms with Gasteiger partial charge in [-0.15, -0.1) is 0 Å². The second kappa shape index (κ2) is 6.41. The van der Waals surface area contributed by atoms with E-state index in [1.165, 1.54) is 10.9 Å². The van der Waals surface area contributed by atoms with Crippen molar-refractivity contribution in [2.24, 2.45) is 4.99 Å². The summed E-state index contributed by atoms with van der Waals surface area (Å²) < 4.78 is 5.31. The number of ether oxygens (including phenoxy) is 1. The molecule has 1 amide bonds. The topological polar surface area (TPSA) is 69.7 Å². The van der Waals surface area contributed by atoms with Crippen LogP contribution in [0.3, 0.4) is 0 Å². The maximum Gasteiger partial charge on any atom is 0.250 e. The van der Waals surface area contributed by atoms with Gasteiger partial charge in [0.2, 0.25) is 0 Å². The highest BCUT2D eigenvalue weighted by molar-refractivity contribution is 5.95. The minimum absolute atomic E-state index is 0.0646. The molecule has 2 N–H and O–H groups in total. The van der Waals surface area contributed by atoms with Gasteiger partial charge in [0.15, 0.2) is 0 Å². The molecular weight excluding hydrogens is 352 g/mol. The third kappa shape index (κ3) is 2.41. The lowest BCUT2D eigenvalue weighted by atomic mass is 9.84. The number of fused-ring (bicyclic) bond motifs is 3. The van der Waals surface area contributed by atoms with Crippen molar-refractivity contribution in [3.8, 4) is 5.75 Å². The maximum atomic E-state index is 12.9. The third-order valence-corrected chi connectivity index (χ3v) is 5.92. The number of para-hydroxylation sites is 1. The van der Waals surface area contributed by atoms with E-state index in [0.717, 1.165) is 35.4 Å². The number of methoxy groups -OCH3 is 1. The van der Waals surface area contributed by atoms with Crippen LogP contribution in [0.15, 0.2) is 53.7 Å². The second-order valence-corrected chi connectivity index (χ2v) is 7.30. The number of aromatic nitrogens is 1. The van der Waals surface area contributed by atoms with Gasteiger partial charge in [0.1, 0.15) is 11.3 Å². The zero-order valence-corrected chi connectivity index (χ0v) is 15.7. The van der Waals surface area contributed by atoms with Crippen LogP contribution in [0.25, 0.3) is 10.9 Å². The SMILES string of the molecule is COc1ccc2c(CCN3C=Nc4ccccc4[C@]34CCNC4=O)c[nH]c2c1. The second-order valence-electron chi connectivity index (χ2n) is 7.30. The summed E-state index contributed by atoms with van der Waals surface area (Å²) in [5.74, 6) is 0.900. The lowest BCUT2D eigenvalue weighted by Gasteiger charge is -2.41. The summed E-state index contributed by atoms with van der Waals surface area (Å²) in [6, 6.07) is 14.0. The van der Waals surface area contributed by atoms with Gasteiger partial charge in [0.25, 0.3) is 5.91 Å². The van der Waals surface area contributed by atoms with E-state index in [2.05, 4.69) is 26.3 Å². The van der Waals surface area contributed by atoms with E-state index in [-0.39, 0.29) is 5.91 Å². The number of amides is 1. The summed E-state index contributed by atoms with van der Waals surface area (Å²) in [6.07, 6.45) is 5.45. The van der Waals surface area contributed by atoms with Gasteiger partial charge in [0.05, 0.1) is 19.1 Å². The van der Waals surface area contributed by atoms with Crippen molar-refractivity contribution in [1.82, 2.24) is 15.2 Å². The molecule has 0 radical (unpaired) electrons. The van der Waals surface area contributed by atoms with Gasteiger partial charge in [-0.05, 0) is 30.2 Å². The lowest BCUT2D eigenvalue weighted by Crippen LogP contribution is -2.52. The van der Waals surface area contributed by atoms with Gasteiger partial charge < -0.3 is 19.9 Å². The van der Waals surface area contributed by atoms with Crippen LogP contribution in [-0.4, -0.2) is 42.3 Å². The first-order chi connectivity index (χ1) is 13.7. The summed E-state index contributed by atoms with van der Waals surface area (Å²) in [6.45, 7) is 1.40. The highest BCUT2D eigenvalue weighted by atomic mass is 16.5. The van der Waals surface area contributed by atoms with Gasteiger partial charge >= 0.3 is 0 Å². The van der Waals surface area contributed by atoms with Crippen molar-refractivity contribution in [2.45, 2.75) is 18.4 Å². The van der Waals surface area contributed by atoms with Crippen LogP contribution < -0.4 is 10.1 Å². The number of carbonyl (C=O) groups excluding carboxylic acids is 1. The molecule has 1 fully saturated rings. The van der Waals surface area contributed by atoms with Crippen molar-refractivity contribution < 1.29 is 9.53 Å². The zero-order valence-electron chi connectivity index (χ0n) is 15.7. The van der Waals surface area contributed by atoms with Crippen molar-refractivity contribution in [2.75, 3.05) is 20.2 Å². The molecule has 1 aromatic heterocycles. The van der Waals surface area contributed by atoms with E-state index in [0.29, 0.717) is 13.1 Å². The molecule has 1 saturated heterocycles. The molecule has 1 atom stereocenters. The molecule has 2 aromatic carbocycles. The number of rotatable bonds is 4. The summed E-state index contributed by atoms with van der Waals surface area (Å²) in [5, 5.41) is 4.20. The van der Waals surface area contributed by atoms with Crippen LogP contribution in [0.5, 0.6) is 5.75 Å². The number of aromatic amines is 1. The Balaban J connectivity index is 1.46. The number of nitrogens with zero attached hydrogens (tertiary/aromatic N) is 2. The monoisotopic (exact) mass is 374 g/mol. The third-order valence-electron chi connectivity index (χ3n) is 5.92. The molecule has 0 aliphatic carbocycles. The minimum atomic E-state index is -0.659. The summed E-state index contributed by atoms with van der Waals surface area (Å²) in [7, 11) is 1.67. The quantitative estimate of drug-likeness (QED) is 0.737.